The van der Waals surface area contributed by atoms with Gasteiger partial charge in [-0.25, -0.2) is 4.98 Å². The zero-order valence-electron chi connectivity index (χ0n) is 12.1. The van der Waals surface area contributed by atoms with Gasteiger partial charge in [-0.15, -0.1) is 0 Å². The van der Waals surface area contributed by atoms with Gasteiger partial charge in [-0.2, -0.15) is 12.6 Å². The van der Waals surface area contributed by atoms with Gasteiger partial charge in [-0.1, -0.05) is 0 Å². The Bertz CT molecular complexity index is 547. The highest BCUT2D eigenvalue weighted by Crippen LogP contribution is 2.38. The first-order valence-corrected chi connectivity index (χ1v) is 7.10. The van der Waals surface area contributed by atoms with E-state index in [0.29, 0.717) is 11.4 Å². The van der Waals surface area contributed by atoms with Crippen molar-refractivity contribution >= 4 is 25.8 Å². The topological polar surface area (TPSA) is 64.2 Å². The Balaban J connectivity index is 2.26. The molecule has 2 heterocycles. The van der Waals surface area contributed by atoms with Crippen molar-refractivity contribution in [2.45, 2.75) is 38.9 Å². The molecule has 0 saturated carbocycles. The summed E-state index contributed by atoms with van der Waals surface area (Å²) in [7, 11) is -0.453. The zero-order valence-corrected chi connectivity index (χ0v) is 13.0. The summed E-state index contributed by atoms with van der Waals surface area (Å²) in [5.41, 5.74) is 0.496. The molecule has 0 radical (unpaired) electrons. The Morgan fingerprint density at radius 2 is 2.00 bits per heavy atom. The molecule has 108 valence electrons. The average molecular weight is 294 g/mol. The van der Waals surface area contributed by atoms with Crippen LogP contribution < -0.4 is 5.56 Å². The predicted molar refractivity (Wildman–Crippen MR) is 82.8 cm³/mol. The first-order chi connectivity index (χ1) is 9.25. The van der Waals surface area contributed by atoms with E-state index in [4.69, 9.17) is 9.31 Å². The molecule has 7 heteroatoms. The molecule has 1 aliphatic rings. The Morgan fingerprint density at radius 1 is 1.40 bits per heavy atom. The molecule has 20 heavy (non-hydrogen) atoms. The van der Waals surface area contributed by atoms with E-state index in [0.717, 1.165) is 5.47 Å². The van der Waals surface area contributed by atoms with Crippen LogP contribution in [0.2, 0.25) is 0 Å². The number of nitrogens with zero attached hydrogens (tertiary/aromatic N) is 1. The molecule has 0 bridgehead atoms. The molecular weight excluding hydrogens is 275 g/mol. The summed E-state index contributed by atoms with van der Waals surface area (Å²) in [5, 5.41) is 0. The number of thiol groups is 1. The first kappa shape index (κ1) is 15.3. The molecule has 0 aromatic carbocycles. The van der Waals surface area contributed by atoms with E-state index in [-0.39, 0.29) is 5.56 Å². The van der Waals surface area contributed by atoms with Crippen LogP contribution in [0.3, 0.4) is 0 Å². The van der Waals surface area contributed by atoms with E-state index in [2.05, 4.69) is 22.6 Å². The summed E-state index contributed by atoms with van der Waals surface area (Å²) in [5.74, 6) is 0.484. The first-order valence-electron chi connectivity index (χ1n) is 6.47. The zero-order chi connectivity index (χ0) is 15.0. The van der Waals surface area contributed by atoms with Crippen molar-refractivity contribution in [3.05, 3.63) is 33.9 Å². The third-order valence-electron chi connectivity index (χ3n) is 3.77. The van der Waals surface area contributed by atoms with Gasteiger partial charge < -0.3 is 14.3 Å². The lowest BCUT2D eigenvalue weighted by Crippen LogP contribution is -2.41. The van der Waals surface area contributed by atoms with Gasteiger partial charge in [0.25, 0.3) is 5.56 Å². The summed E-state index contributed by atoms with van der Waals surface area (Å²) in [4.78, 5) is 17.6. The molecule has 0 unspecified atom stereocenters. The number of hydrogen-bond donors (Lipinski definition) is 2. The number of rotatable bonds is 3. The van der Waals surface area contributed by atoms with Crippen molar-refractivity contribution in [2.75, 3.05) is 5.75 Å². The van der Waals surface area contributed by atoms with Gasteiger partial charge in [0.1, 0.15) is 0 Å². The molecule has 0 aliphatic carbocycles. The minimum absolute atomic E-state index is 0.231. The molecule has 0 spiro atoms. The SMILES string of the molecule is CC1(C)OB(C(=Cc2c[nH]c(=O)cn2)CS)OC1(C)C. The van der Waals surface area contributed by atoms with E-state index >= 15 is 0 Å². The molecule has 1 aromatic heterocycles. The summed E-state index contributed by atoms with van der Waals surface area (Å²) >= 11 is 4.33. The maximum Gasteiger partial charge on any atom is 0.491 e. The van der Waals surface area contributed by atoms with Crippen molar-refractivity contribution in [1.82, 2.24) is 9.97 Å². The van der Waals surface area contributed by atoms with Gasteiger partial charge in [0, 0.05) is 11.9 Å². The molecular formula is C13H19BN2O3S. The summed E-state index contributed by atoms with van der Waals surface area (Å²) in [6.45, 7) is 8.01. The molecule has 0 atom stereocenters. The van der Waals surface area contributed by atoms with Crippen LogP contribution in [0.1, 0.15) is 33.4 Å². The number of hydrogen-bond acceptors (Lipinski definition) is 5. The smallest absolute Gasteiger partial charge is 0.400 e. The van der Waals surface area contributed by atoms with Gasteiger partial charge in [0.2, 0.25) is 0 Å². The molecule has 5 nitrogen and oxygen atoms in total. The fraction of sp³-hybridized carbons (Fsp3) is 0.538. The lowest BCUT2D eigenvalue weighted by molar-refractivity contribution is 0.00578. The highest BCUT2D eigenvalue weighted by Gasteiger charge is 2.52. The van der Waals surface area contributed by atoms with E-state index in [9.17, 15) is 4.79 Å². The van der Waals surface area contributed by atoms with Crippen LogP contribution in [0.15, 0.2) is 22.7 Å². The Hall–Kier alpha value is -1.05. The van der Waals surface area contributed by atoms with Crippen LogP contribution in [-0.4, -0.2) is 34.0 Å². The van der Waals surface area contributed by atoms with Crippen molar-refractivity contribution in [2.24, 2.45) is 0 Å². The van der Waals surface area contributed by atoms with E-state index in [1.54, 1.807) is 6.20 Å². The molecule has 1 aromatic rings. The van der Waals surface area contributed by atoms with Crippen LogP contribution in [-0.2, 0) is 9.31 Å². The summed E-state index contributed by atoms with van der Waals surface area (Å²) in [6, 6.07) is 0. The number of H-pyrrole nitrogens is 1. The van der Waals surface area contributed by atoms with Crippen LogP contribution in [0.25, 0.3) is 6.08 Å². The second-order valence-corrected chi connectivity index (χ2v) is 6.12. The highest BCUT2D eigenvalue weighted by molar-refractivity contribution is 7.80. The Kier molecular flexibility index (Phi) is 4.13. The fourth-order valence-corrected chi connectivity index (χ4v) is 2.04. The van der Waals surface area contributed by atoms with Crippen LogP contribution in [0.4, 0.5) is 0 Å². The molecule has 0 amide bonds. The lowest BCUT2D eigenvalue weighted by Gasteiger charge is -2.32. The van der Waals surface area contributed by atoms with Gasteiger partial charge in [0.05, 0.1) is 23.1 Å². The number of aromatic nitrogens is 2. The maximum atomic E-state index is 11.0. The van der Waals surface area contributed by atoms with Crippen LogP contribution in [0.5, 0.6) is 0 Å². The average Bonchev–Trinajstić information content (AvgIpc) is 2.57. The molecule has 1 aliphatic heterocycles. The molecule has 2 rings (SSSR count). The standard InChI is InChI=1S/C13H19BN2O3S/c1-12(2)13(3,4)19-14(18-12)9(8-20)5-10-6-16-11(17)7-15-10/h5-7,20H,8H2,1-4H3,(H,16,17). The fourth-order valence-electron chi connectivity index (χ4n) is 1.80. The second-order valence-electron chi connectivity index (χ2n) is 5.80. The van der Waals surface area contributed by atoms with Crippen molar-refractivity contribution in [1.29, 1.82) is 0 Å². The predicted octanol–water partition coefficient (Wildman–Crippen LogP) is 1.71. The van der Waals surface area contributed by atoms with E-state index < -0.39 is 18.3 Å². The van der Waals surface area contributed by atoms with E-state index in [1.165, 1.54) is 6.20 Å². The third-order valence-corrected chi connectivity index (χ3v) is 4.13. The third kappa shape index (κ3) is 3.00. The van der Waals surface area contributed by atoms with Gasteiger partial charge in [0.15, 0.2) is 0 Å². The normalized spacial score (nSPS) is 21.2. The molecule has 1 fully saturated rings. The largest absolute Gasteiger partial charge is 0.491 e. The highest BCUT2D eigenvalue weighted by atomic mass is 32.1. The van der Waals surface area contributed by atoms with Crippen LogP contribution in [0, 0.1) is 0 Å². The Labute approximate surface area is 124 Å². The quantitative estimate of drug-likeness (QED) is 0.658. The maximum absolute atomic E-state index is 11.0. The monoisotopic (exact) mass is 294 g/mol. The summed E-state index contributed by atoms with van der Waals surface area (Å²) in [6.07, 6.45) is 4.62. The second kappa shape index (κ2) is 5.39. The Morgan fingerprint density at radius 3 is 2.45 bits per heavy atom. The van der Waals surface area contributed by atoms with Crippen molar-refractivity contribution < 1.29 is 9.31 Å². The van der Waals surface area contributed by atoms with Crippen molar-refractivity contribution in [3.8, 4) is 0 Å². The number of nitrogens with one attached hydrogen (secondary N) is 1. The molecule has 1 N–H and O–H groups in total. The van der Waals surface area contributed by atoms with Gasteiger partial charge >= 0.3 is 7.12 Å². The molecule has 1 saturated heterocycles. The minimum Gasteiger partial charge on any atom is -0.400 e. The van der Waals surface area contributed by atoms with Gasteiger partial charge in [-0.05, 0) is 39.2 Å². The summed E-state index contributed by atoms with van der Waals surface area (Å²) < 4.78 is 11.9. The van der Waals surface area contributed by atoms with Crippen molar-refractivity contribution in [3.63, 3.8) is 0 Å². The number of aromatic amines is 1. The minimum atomic E-state index is -0.453. The van der Waals surface area contributed by atoms with E-state index in [1.807, 2.05) is 33.8 Å². The van der Waals surface area contributed by atoms with Crippen LogP contribution >= 0.6 is 12.6 Å². The lowest BCUT2D eigenvalue weighted by atomic mass is 9.78. The van der Waals surface area contributed by atoms with Gasteiger partial charge in [-0.3, -0.25) is 4.79 Å².